The number of ether oxygens (including phenoxy) is 1. The fourth-order valence-electron chi connectivity index (χ4n) is 2.81. The van der Waals surface area contributed by atoms with Gasteiger partial charge in [0.1, 0.15) is 12.4 Å². The normalized spacial score (nSPS) is 18.8. The van der Waals surface area contributed by atoms with Gasteiger partial charge >= 0.3 is 0 Å². The highest BCUT2D eigenvalue weighted by Crippen LogP contribution is 2.24. The molecule has 0 spiro atoms. The molecule has 0 unspecified atom stereocenters. The molecule has 124 valence electrons. The molecule has 2 heterocycles. The van der Waals surface area contributed by atoms with Crippen LogP contribution in [-0.4, -0.2) is 21.7 Å². The van der Waals surface area contributed by atoms with Crippen molar-refractivity contribution in [3.63, 3.8) is 0 Å². The average Bonchev–Trinajstić information content (AvgIpc) is 3.02. The molecule has 2 aromatic rings. The zero-order valence-electron chi connectivity index (χ0n) is 14.2. The van der Waals surface area contributed by atoms with Gasteiger partial charge in [0.25, 0.3) is 0 Å². The largest absolute Gasteiger partial charge is 0.486 e. The number of nitrogens with one attached hydrogen (secondary N) is 2. The van der Waals surface area contributed by atoms with Crippen LogP contribution >= 0.6 is 0 Å². The number of rotatable bonds is 4. The minimum Gasteiger partial charge on any atom is -0.486 e. The summed E-state index contributed by atoms with van der Waals surface area (Å²) in [6, 6.07) is 8.54. The van der Waals surface area contributed by atoms with Crippen molar-refractivity contribution in [3.8, 4) is 5.75 Å². The molecule has 1 atom stereocenters. The number of hydrogen-bond donors (Lipinski definition) is 2. The second kappa shape index (κ2) is 6.71. The molecule has 0 bridgehead atoms. The van der Waals surface area contributed by atoms with E-state index in [9.17, 15) is 0 Å². The van der Waals surface area contributed by atoms with E-state index >= 15 is 0 Å². The maximum absolute atomic E-state index is 5.81. The third kappa shape index (κ3) is 4.10. The standard InChI is InChI=1S/C18H26N4O/c1-18(2,3)13-7-9-14(10-8-13)23-12-16-20-17(22-21-16)15-6-4-5-11-19-15/h7-10,15,19H,4-6,11-12H2,1-3H3,(H,20,21,22)/t15-/m0/s1. The smallest absolute Gasteiger partial charge is 0.167 e. The van der Waals surface area contributed by atoms with Gasteiger partial charge in [0.2, 0.25) is 0 Å². The van der Waals surface area contributed by atoms with E-state index in [1.165, 1.54) is 18.4 Å². The highest BCUT2D eigenvalue weighted by molar-refractivity contribution is 5.31. The molecule has 5 heteroatoms. The quantitative estimate of drug-likeness (QED) is 0.906. The van der Waals surface area contributed by atoms with E-state index in [1.54, 1.807) is 0 Å². The Kier molecular flexibility index (Phi) is 4.66. The number of H-pyrrole nitrogens is 1. The number of aromatic nitrogens is 3. The Morgan fingerprint density at radius 1 is 1.17 bits per heavy atom. The number of benzene rings is 1. The number of hydrogen-bond acceptors (Lipinski definition) is 4. The average molecular weight is 314 g/mol. The zero-order chi connectivity index (χ0) is 16.3. The third-order valence-electron chi connectivity index (χ3n) is 4.27. The lowest BCUT2D eigenvalue weighted by atomic mass is 9.87. The van der Waals surface area contributed by atoms with Gasteiger partial charge in [-0.3, -0.25) is 5.10 Å². The van der Waals surface area contributed by atoms with Gasteiger partial charge in [0.15, 0.2) is 11.6 Å². The van der Waals surface area contributed by atoms with Crippen LogP contribution in [0.4, 0.5) is 0 Å². The highest BCUT2D eigenvalue weighted by atomic mass is 16.5. The van der Waals surface area contributed by atoms with Crippen molar-refractivity contribution in [1.29, 1.82) is 0 Å². The van der Waals surface area contributed by atoms with Crippen molar-refractivity contribution >= 4 is 0 Å². The van der Waals surface area contributed by atoms with Crippen molar-refractivity contribution in [2.45, 2.75) is 58.1 Å². The first-order valence-corrected chi connectivity index (χ1v) is 8.40. The summed E-state index contributed by atoms with van der Waals surface area (Å²) < 4.78 is 5.81. The van der Waals surface area contributed by atoms with E-state index in [2.05, 4.69) is 53.4 Å². The molecule has 0 amide bonds. The predicted molar refractivity (Wildman–Crippen MR) is 90.5 cm³/mol. The lowest BCUT2D eigenvalue weighted by Crippen LogP contribution is -2.27. The fourth-order valence-corrected chi connectivity index (χ4v) is 2.81. The summed E-state index contributed by atoms with van der Waals surface area (Å²) in [6.45, 7) is 8.08. The Morgan fingerprint density at radius 3 is 2.61 bits per heavy atom. The van der Waals surface area contributed by atoms with Crippen molar-refractivity contribution in [2.24, 2.45) is 0 Å². The SMILES string of the molecule is CC(C)(C)c1ccc(OCc2nc([C@@H]3CCCCN3)n[nH]2)cc1. The van der Waals surface area contributed by atoms with Crippen LogP contribution in [0.3, 0.4) is 0 Å². The summed E-state index contributed by atoms with van der Waals surface area (Å²) in [4.78, 5) is 4.55. The lowest BCUT2D eigenvalue weighted by molar-refractivity contribution is 0.296. The number of aromatic amines is 1. The Labute approximate surface area is 137 Å². The van der Waals surface area contributed by atoms with Crippen LogP contribution < -0.4 is 10.1 Å². The molecule has 1 aromatic heterocycles. The molecule has 1 aliphatic heterocycles. The van der Waals surface area contributed by atoms with E-state index < -0.39 is 0 Å². The summed E-state index contributed by atoms with van der Waals surface area (Å²) in [5.74, 6) is 2.48. The summed E-state index contributed by atoms with van der Waals surface area (Å²) >= 11 is 0. The molecule has 3 rings (SSSR count). The maximum Gasteiger partial charge on any atom is 0.167 e. The summed E-state index contributed by atoms with van der Waals surface area (Å²) in [5, 5.41) is 10.8. The lowest BCUT2D eigenvalue weighted by Gasteiger charge is -2.20. The Morgan fingerprint density at radius 2 is 1.96 bits per heavy atom. The topological polar surface area (TPSA) is 62.8 Å². The minimum atomic E-state index is 0.158. The van der Waals surface area contributed by atoms with E-state index in [0.29, 0.717) is 6.61 Å². The van der Waals surface area contributed by atoms with Gasteiger partial charge in [0, 0.05) is 0 Å². The molecular formula is C18H26N4O. The van der Waals surface area contributed by atoms with Gasteiger partial charge in [-0.2, -0.15) is 5.10 Å². The molecule has 2 N–H and O–H groups in total. The molecule has 0 radical (unpaired) electrons. The van der Waals surface area contributed by atoms with Crippen LogP contribution in [0.2, 0.25) is 0 Å². The van der Waals surface area contributed by atoms with Gasteiger partial charge in [-0.05, 0) is 42.5 Å². The van der Waals surface area contributed by atoms with Crippen molar-refractivity contribution in [1.82, 2.24) is 20.5 Å². The van der Waals surface area contributed by atoms with Crippen LogP contribution in [0.1, 0.15) is 63.3 Å². The second-order valence-corrected chi connectivity index (χ2v) is 7.21. The van der Waals surface area contributed by atoms with E-state index in [4.69, 9.17) is 4.74 Å². The Balaban J connectivity index is 1.57. The molecule has 1 aromatic carbocycles. The number of piperidine rings is 1. The predicted octanol–water partition coefficient (Wildman–Crippen LogP) is 3.50. The van der Waals surface area contributed by atoms with Gasteiger partial charge < -0.3 is 10.1 Å². The molecule has 5 nitrogen and oxygen atoms in total. The Hall–Kier alpha value is -1.88. The van der Waals surface area contributed by atoms with Crippen LogP contribution in [0.25, 0.3) is 0 Å². The summed E-state index contributed by atoms with van der Waals surface area (Å²) in [6.07, 6.45) is 3.58. The molecule has 23 heavy (non-hydrogen) atoms. The first-order valence-electron chi connectivity index (χ1n) is 8.40. The minimum absolute atomic E-state index is 0.158. The number of nitrogens with zero attached hydrogens (tertiary/aromatic N) is 2. The van der Waals surface area contributed by atoms with Crippen LogP contribution in [0.15, 0.2) is 24.3 Å². The van der Waals surface area contributed by atoms with Gasteiger partial charge in [-0.25, -0.2) is 4.98 Å². The first kappa shape index (κ1) is 16.0. The first-order chi connectivity index (χ1) is 11.0. The molecule has 0 saturated carbocycles. The van der Waals surface area contributed by atoms with Crippen molar-refractivity contribution < 1.29 is 4.74 Å². The Bertz CT molecular complexity index is 621. The summed E-state index contributed by atoms with van der Waals surface area (Å²) in [7, 11) is 0. The molecule has 1 saturated heterocycles. The third-order valence-corrected chi connectivity index (χ3v) is 4.27. The van der Waals surface area contributed by atoms with Crippen LogP contribution in [0, 0.1) is 0 Å². The maximum atomic E-state index is 5.81. The molecule has 1 aliphatic rings. The van der Waals surface area contributed by atoms with Crippen molar-refractivity contribution in [3.05, 3.63) is 41.5 Å². The monoisotopic (exact) mass is 314 g/mol. The van der Waals surface area contributed by atoms with Gasteiger partial charge in [0.05, 0.1) is 6.04 Å². The summed E-state index contributed by atoms with van der Waals surface area (Å²) in [5.41, 5.74) is 1.46. The van der Waals surface area contributed by atoms with Crippen molar-refractivity contribution in [2.75, 3.05) is 6.54 Å². The van der Waals surface area contributed by atoms with E-state index in [-0.39, 0.29) is 11.5 Å². The fraction of sp³-hybridized carbons (Fsp3) is 0.556. The van der Waals surface area contributed by atoms with Gasteiger partial charge in [-0.1, -0.05) is 39.3 Å². The van der Waals surface area contributed by atoms with Crippen LogP contribution in [-0.2, 0) is 12.0 Å². The zero-order valence-corrected chi connectivity index (χ0v) is 14.2. The molecule has 0 aliphatic carbocycles. The van der Waals surface area contributed by atoms with E-state index in [0.717, 1.165) is 30.4 Å². The second-order valence-electron chi connectivity index (χ2n) is 7.21. The molecular weight excluding hydrogens is 288 g/mol. The van der Waals surface area contributed by atoms with Gasteiger partial charge in [-0.15, -0.1) is 0 Å². The van der Waals surface area contributed by atoms with Crippen LogP contribution in [0.5, 0.6) is 5.75 Å². The highest BCUT2D eigenvalue weighted by Gasteiger charge is 2.19. The molecule has 1 fully saturated rings. The van der Waals surface area contributed by atoms with E-state index in [1.807, 2.05) is 12.1 Å².